The largest absolute Gasteiger partial charge is 0.508 e. The van der Waals surface area contributed by atoms with Crippen molar-refractivity contribution >= 4 is 0 Å². The van der Waals surface area contributed by atoms with Crippen molar-refractivity contribution < 1.29 is 10.2 Å². The van der Waals surface area contributed by atoms with Gasteiger partial charge in [-0.2, -0.15) is 0 Å². The third-order valence-corrected chi connectivity index (χ3v) is 3.04. The van der Waals surface area contributed by atoms with Crippen LogP contribution in [0.4, 0.5) is 0 Å². The fourth-order valence-electron chi connectivity index (χ4n) is 2.52. The zero-order chi connectivity index (χ0) is 9.42. The topological polar surface area (TPSA) is 40.5 Å². The number of rotatable bonds is 0. The van der Waals surface area contributed by atoms with E-state index >= 15 is 0 Å². The molecule has 0 amide bonds. The maximum atomic E-state index is 9.68. The van der Waals surface area contributed by atoms with Crippen molar-refractivity contribution in [2.24, 2.45) is 5.92 Å². The van der Waals surface area contributed by atoms with E-state index < -0.39 is 0 Å². The van der Waals surface area contributed by atoms with Gasteiger partial charge in [0, 0.05) is 0 Å². The molecule has 2 heteroatoms. The summed E-state index contributed by atoms with van der Waals surface area (Å²) in [7, 11) is 0. The van der Waals surface area contributed by atoms with Gasteiger partial charge in [-0.05, 0) is 43.3 Å². The summed E-state index contributed by atoms with van der Waals surface area (Å²) in [5.74, 6) is 0.774. The van der Waals surface area contributed by atoms with Gasteiger partial charge in [-0.3, -0.25) is 0 Å². The molecule has 2 aliphatic rings. The third-order valence-electron chi connectivity index (χ3n) is 3.04. The van der Waals surface area contributed by atoms with Gasteiger partial charge in [-0.1, -0.05) is 12.5 Å². The predicted octanol–water partition coefficient (Wildman–Crippen LogP) is 2.31. The Morgan fingerprint density at radius 1 is 1.46 bits per heavy atom. The van der Waals surface area contributed by atoms with E-state index in [-0.39, 0.29) is 6.10 Å². The Hall–Kier alpha value is -0.760. The minimum absolute atomic E-state index is 0.195. The molecule has 2 N–H and O–H groups in total. The quantitative estimate of drug-likeness (QED) is 0.600. The zero-order valence-corrected chi connectivity index (χ0v) is 7.95. The number of hydrogen-bond donors (Lipinski definition) is 2. The zero-order valence-electron chi connectivity index (χ0n) is 7.95. The summed E-state index contributed by atoms with van der Waals surface area (Å²) in [4.78, 5) is 0. The second-order valence-corrected chi connectivity index (χ2v) is 4.14. The second kappa shape index (κ2) is 3.18. The molecule has 0 fully saturated rings. The van der Waals surface area contributed by atoms with Crippen LogP contribution in [0.5, 0.6) is 0 Å². The highest BCUT2D eigenvalue weighted by molar-refractivity contribution is 5.37. The van der Waals surface area contributed by atoms with E-state index in [0.717, 1.165) is 31.3 Å². The lowest BCUT2D eigenvalue weighted by molar-refractivity contribution is 0.139. The van der Waals surface area contributed by atoms with Crippen molar-refractivity contribution in [3.8, 4) is 0 Å². The van der Waals surface area contributed by atoms with Gasteiger partial charge in [-0.15, -0.1) is 0 Å². The van der Waals surface area contributed by atoms with Crippen molar-refractivity contribution in [3.63, 3.8) is 0 Å². The molecule has 0 radical (unpaired) electrons. The lowest BCUT2D eigenvalue weighted by Crippen LogP contribution is -2.23. The fraction of sp³-hybridized carbons (Fsp3) is 0.636. The van der Waals surface area contributed by atoms with Crippen LogP contribution in [0.25, 0.3) is 0 Å². The average molecular weight is 180 g/mol. The predicted molar refractivity (Wildman–Crippen MR) is 51.4 cm³/mol. The molecule has 2 rings (SSSR count). The molecule has 0 saturated carbocycles. The molecule has 13 heavy (non-hydrogen) atoms. The van der Waals surface area contributed by atoms with Crippen LogP contribution < -0.4 is 0 Å². The number of hydrogen-bond acceptors (Lipinski definition) is 2. The Balaban J connectivity index is 2.34. The highest BCUT2D eigenvalue weighted by Crippen LogP contribution is 2.38. The molecule has 2 aliphatic carbocycles. The van der Waals surface area contributed by atoms with E-state index in [0.29, 0.717) is 11.7 Å². The van der Waals surface area contributed by atoms with Crippen molar-refractivity contribution in [2.45, 2.75) is 38.7 Å². The van der Waals surface area contributed by atoms with Gasteiger partial charge in [-0.25, -0.2) is 0 Å². The lowest BCUT2D eigenvalue weighted by Gasteiger charge is -2.31. The molecular weight excluding hydrogens is 164 g/mol. The monoisotopic (exact) mass is 180 g/mol. The van der Waals surface area contributed by atoms with Crippen LogP contribution in [-0.2, 0) is 0 Å². The highest BCUT2D eigenvalue weighted by atomic mass is 16.3. The second-order valence-electron chi connectivity index (χ2n) is 4.14. The Kier molecular flexibility index (Phi) is 2.16. The van der Waals surface area contributed by atoms with Gasteiger partial charge in [0.05, 0.1) is 6.10 Å². The van der Waals surface area contributed by atoms with Gasteiger partial charge in [0.15, 0.2) is 0 Å². The highest BCUT2D eigenvalue weighted by Gasteiger charge is 2.28. The van der Waals surface area contributed by atoms with Gasteiger partial charge < -0.3 is 10.2 Å². The van der Waals surface area contributed by atoms with Gasteiger partial charge in [0.25, 0.3) is 0 Å². The minimum Gasteiger partial charge on any atom is -0.508 e. The van der Waals surface area contributed by atoms with Crippen molar-refractivity contribution in [1.29, 1.82) is 0 Å². The maximum Gasteiger partial charge on any atom is 0.115 e. The Labute approximate surface area is 78.6 Å². The number of aliphatic hydroxyl groups is 2. The molecule has 0 aromatic heterocycles. The normalized spacial score (nSPS) is 34.2. The van der Waals surface area contributed by atoms with Crippen LogP contribution in [0.1, 0.15) is 32.6 Å². The van der Waals surface area contributed by atoms with E-state index in [4.69, 9.17) is 0 Å². The average Bonchev–Trinajstić information content (AvgIpc) is 2.02. The first kappa shape index (κ1) is 8.82. The lowest BCUT2D eigenvalue weighted by atomic mass is 9.77. The van der Waals surface area contributed by atoms with E-state index in [1.807, 2.05) is 6.08 Å². The molecule has 0 bridgehead atoms. The number of aliphatic hydroxyl groups excluding tert-OH is 2. The first-order chi connectivity index (χ1) is 6.18. The molecule has 0 heterocycles. The van der Waals surface area contributed by atoms with Crippen LogP contribution in [0.2, 0.25) is 0 Å². The first-order valence-corrected chi connectivity index (χ1v) is 4.98. The van der Waals surface area contributed by atoms with Crippen LogP contribution in [0.3, 0.4) is 0 Å². The van der Waals surface area contributed by atoms with Gasteiger partial charge in [0.2, 0.25) is 0 Å². The summed E-state index contributed by atoms with van der Waals surface area (Å²) in [6, 6.07) is 0. The molecule has 0 aromatic rings. The van der Waals surface area contributed by atoms with E-state index in [1.54, 1.807) is 0 Å². The maximum absolute atomic E-state index is 9.68. The van der Waals surface area contributed by atoms with Crippen LogP contribution in [-0.4, -0.2) is 16.3 Å². The minimum atomic E-state index is -0.195. The molecule has 2 atom stereocenters. The molecular formula is C11H16O2. The molecule has 0 saturated heterocycles. The first-order valence-electron chi connectivity index (χ1n) is 4.98. The summed E-state index contributed by atoms with van der Waals surface area (Å²) in [6.45, 7) is 2.08. The summed E-state index contributed by atoms with van der Waals surface area (Å²) < 4.78 is 0. The smallest absolute Gasteiger partial charge is 0.115 e. The molecule has 0 aromatic carbocycles. The fourth-order valence-corrected chi connectivity index (χ4v) is 2.52. The molecule has 72 valence electrons. The Morgan fingerprint density at radius 3 is 3.00 bits per heavy atom. The van der Waals surface area contributed by atoms with Crippen molar-refractivity contribution in [1.82, 2.24) is 0 Å². The molecule has 0 aliphatic heterocycles. The standard InChI is InChI=1S/C11H16O2/c1-7-5-9(12)6-8-3-2-4-10(13)11(7)8/h4,7,9,12-13H,2-3,5-6H2,1H3. The molecule has 0 spiro atoms. The van der Waals surface area contributed by atoms with E-state index in [1.165, 1.54) is 5.57 Å². The summed E-state index contributed by atoms with van der Waals surface area (Å²) in [5, 5.41) is 19.3. The Bertz CT molecular complexity index is 276. The molecule has 2 unspecified atom stereocenters. The van der Waals surface area contributed by atoms with Crippen molar-refractivity contribution in [3.05, 3.63) is 23.0 Å². The van der Waals surface area contributed by atoms with Gasteiger partial charge in [0.1, 0.15) is 5.76 Å². The SMILES string of the molecule is CC1CC(O)CC2=C1C(O)=CCC2. The van der Waals surface area contributed by atoms with Gasteiger partial charge >= 0.3 is 0 Å². The van der Waals surface area contributed by atoms with Crippen LogP contribution >= 0.6 is 0 Å². The van der Waals surface area contributed by atoms with E-state index in [2.05, 4.69) is 6.92 Å². The molecule has 2 nitrogen and oxygen atoms in total. The van der Waals surface area contributed by atoms with Crippen LogP contribution in [0.15, 0.2) is 23.0 Å². The van der Waals surface area contributed by atoms with Crippen LogP contribution in [0, 0.1) is 5.92 Å². The number of allylic oxidation sites excluding steroid dienone is 2. The summed E-state index contributed by atoms with van der Waals surface area (Å²) in [5.41, 5.74) is 2.38. The van der Waals surface area contributed by atoms with E-state index in [9.17, 15) is 10.2 Å². The Morgan fingerprint density at radius 2 is 2.23 bits per heavy atom. The third kappa shape index (κ3) is 1.51. The summed E-state index contributed by atoms with van der Waals surface area (Å²) >= 11 is 0. The summed E-state index contributed by atoms with van der Waals surface area (Å²) in [6.07, 6.45) is 5.19. The van der Waals surface area contributed by atoms with Crippen molar-refractivity contribution in [2.75, 3.05) is 0 Å².